The molecule has 0 bridgehead atoms. The fraction of sp³-hybridized carbons (Fsp3) is 0.700. The molecule has 78 valence electrons. The number of nitrogens with two attached hydrogens (primary N) is 1. The van der Waals surface area contributed by atoms with Gasteiger partial charge in [0, 0.05) is 24.2 Å². The first-order valence-electron chi connectivity index (χ1n) is 5.31. The Hall–Kier alpha value is -1.03. The molecule has 4 nitrogen and oxygen atoms in total. The smallest absolute Gasteiger partial charge is 0.266 e. The van der Waals surface area contributed by atoms with Crippen molar-refractivity contribution in [2.24, 2.45) is 5.73 Å². The first kappa shape index (κ1) is 9.52. The number of aromatic amines is 1. The predicted molar refractivity (Wildman–Crippen MR) is 55.3 cm³/mol. The lowest BCUT2D eigenvalue weighted by molar-refractivity contribution is 0.404. The number of aromatic nitrogens is 2. The molecule has 0 saturated heterocycles. The standard InChI is InChI=1S/C10H17N3O/c11-5-2-6-13-10(14)7-9(12-13)8-3-1-4-8/h7-8,12H,1-6,11H2. The zero-order chi connectivity index (χ0) is 9.97. The maximum atomic E-state index is 11.5. The number of nitrogens with one attached hydrogen (secondary N) is 1. The van der Waals surface area contributed by atoms with Gasteiger partial charge in [-0.05, 0) is 25.8 Å². The van der Waals surface area contributed by atoms with Crippen molar-refractivity contribution in [1.29, 1.82) is 0 Å². The number of hydrogen-bond acceptors (Lipinski definition) is 2. The van der Waals surface area contributed by atoms with Crippen molar-refractivity contribution < 1.29 is 0 Å². The summed E-state index contributed by atoms with van der Waals surface area (Å²) >= 11 is 0. The van der Waals surface area contributed by atoms with Gasteiger partial charge in [-0.15, -0.1) is 0 Å². The molecule has 1 aliphatic rings. The van der Waals surface area contributed by atoms with E-state index in [9.17, 15) is 4.79 Å². The van der Waals surface area contributed by atoms with Crippen molar-refractivity contribution in [3.05, 3.63) is 22.1 Å². The molecule has 0 aliphatic heterocycles. The van der Waals surface area contributed by atoms with E-state index < -0.39 is 0 Å². The summed E-state index contributed by atoms with van der Waals surface area (Å²) in [4.78, 5) is 11.5. The summed E-state index contributed by atoms with van der Waals surface area (Å²) in [5.41, 5.74) is 6.59. The average Bonchev–Trinajstić information content (AvgIpc) is 2.40. The van der Waals surface area contributed by atoms with Crippen LogP contribution in [-0.4, -0.2) is 16.3 Å². The third-order valence-corrected chi connectivity index (χ3v) is 2.94. The Kier molecular flexibility index (Phi) is 2.72. The van der Waals surface area contributed by atoms with Gasteiger partial charge >= 0.3 is 0 Å². The lowest BCUT2D eigenvalue weighted by Crippen LogP contribution is -2.18. The van der Waals surface area contributed by atoms with Crippen molar-refractivity contribution in [3.63, 3.8) is 0 Å². The molecule has 0 atom stereocenters. The summed E-state index contributed by atoms with van der Waals surface area (Å²) in [5, 5.41) is 3.17. The van der Waals surface area contributed by atoms with E-state index in [1.54, 1.807) is 10.7 Å². The third kappa shape index (κ3) is 1.75. The quantitative estimate of drug-likeness (QED) is 0.746. The van der Waals surface area contributed by atoms with Crippen molar-refractivity contribution in [1.82, 2.24) is 9.78 Å². The monoisotopic (exact) mass is 195 g/mol. The maximum absolute atomic E-state index is 11.5. The second-order valence-corrected chi connectivity index (χ2v) is 3.97. The van der Waals surface area contributed by atoms with Crippen molar-refractivity contribution in [2.75, 3.05) is 6.54 Å². The van der Waals surface area contributed by atoms with E-state index in [0.717, 1.165) is 12.1 Å². The van der Waals surface area contributed by atoms with Crippen LogP contribution in [0.3, 0.4) is 0 Å². The van der Waals surface area contributed by atoms with Gasteiger partial charge in [0.25, 0.3) is 5.56 Å². The first-order chi connectivity index (χ1) is 6.81. The molecule has 1 aromatic heterocycles. The average molecular weight is 195 g/mol. The number of nitrogens with zero attached hydrogens (tertiary/aromatic N) is 1. The molecule has 1 saturated carbocycles. The van der Waals surface area contributed by atoms with Gasteiger partial charge < -0.3 is 5.73 Å². The van der Waals surface area contributed by atoms with Gasteiger partial charge in [-0.25, -0.2) is 0 Å². The number of H-pyrrole nitrogens is 1. The largest absolute Gasteiger partial charge is 0.330 e. The predicted octanol–water partition coefficient (Wildman–Crippen LogP) is 0.793. The van der Waals surface area contributed by atoms with Crippen LogP contribution in [-0.2, 0) is 6.54 Å². The van der Waals surface area contributed by atoms with Crippen LogP contribution in [0.25, 0.3) is 0 Å². The van der Waals surface area contributed by atoms with Crippen LogP contribution in [0, 0.1) is 0 Å². The van der Waals surface area contributed by atoms with E-state index in [1.807, 2.05) is 0 Å². The normalized spacial score (nSPS) is 16.9. The Balaban J connectivity index is 2.08. The number of aryl methyl sites for hydroxylation is 1. The highest BCUT2D eigenvalue weighted by molar-refractivity contribution is 5.09. The van der Waals surface area contributed by atoms with E-state index in [0.29, 0.717) is 19.0 Å². The lowest BCUT2D eigenvalue weighted by Gasteiger charge is -2.23. The topological polar surface area (TPSA) is 63.8 Å². The SMILES string of the molecule is NCCCn1[nH]c(C2CCC2)cc1=O. The van der Waals surface area contributed by atoms with E-state index >= 15 is 0 Å². The highest BCUT2D eigenvalue weighted by Gasteiger charge is 2.21. The minimum Gasteiger partial charge on any atom is -0.330 e. The van der Waals surface area contributed by atoms with Gasteiger partial charge in [-0.1, -0.05) is 6.42 Å². The fourth-order valence-electron chi connectivity index (χ4n) is 1.80. The zero-order valence-corrected chi connectivity index (χ0v) is 8.33. The van der Waals surface area contributed by atoms with Crippen LogP contribution in [0.1, 0.15) is 37.3 Å². The molecule has 3 N–H and O–H groups in total. The summed E-state index contributed by atoms with van der Waals surface area (Å²) in [6.45, 7) is 1.34. The van der Waals surface area contributed by atoms with Gasteiger partial charge in [-0.3, -0.25) is 14.6 Å². The minimum absolute atomic E-state index is 0.0837. The second-order valence-electron chi connectivity index (χ2n) is 3.97. The molecule has 14 heavy (non-hydrogen) atoms. The van der Waals surface area contributed by atoms with Crippen LogP contribution in [0.4, 0.5) is 0 Å². The Morgan fingerprint density at radius 3 is 2.93 bits per heavy atom. The highest BCUT2D eigenvalue weighted by atomic mass is 16.1. The molecular formula is C10H17N3O. The molecule has 1 heterocycles. The van der Waals surface area contributed by atoms with Gasteiger partial charge in [0.2, 0.25) is 0 Å². The Morgan fingerprint density at radius 1 is 1.57 bits per heavy atom. The van der Waals surface area contributed by atoms with Gasteiger partial charge in [0.1, 0.15) is 0 Å². The number of rotatable bonds is 4. The summed E-state index contributed by atoms with van der Waals surface area (Å²) < 4.78 is 1.67. The van der Waals surface area contributed by atoms with Crippen LogP contribution < -0.4 is 11.3 Å². The van der Waals surface area contributed by atoms with E-state index in [4.69, 9.17) is 5.73 Å². The highest BCUT2D eigenvalue weighted by Crippen LogP contribution is 2.34. The maximum Gasteiger partial charge on any atom is 0.266 e. The summed E-state index contributed by atoms with van der Waals surface area (Å²) in [5.74, 6) is 0.599. The molecule has 2 rings (SSSR count). The summed E-state index contributed by atoms with van der Waals surface area (Å²) in [7, 11) is 0. The van der Waals surface area contributed by atoms with Crippen molar-refractivity contribution in [2.45, 2.75) is 38.1 Å². The molecule has 0 amide bonds. The fourth-order valence-corrected chi connectivity index (χ4v) is 1.80. The van der Waals surface area contributed by atoms with Crippen LogP contribution in [0.2, 0.25) is 0 Å². The Morgan fingerprint density at radius 2 is 2.36 bits per heavy atom. The van der Waals surface area contributed by atoms with E-state index in [-0.39, 0.29) is 5.56 Å². The molecule has 4 heteroatoms. The third-order valence-electron chi connectivity index (χ3n) is 2.94. The molecule has 0 unspecified atom stereocenters. The summed E-state index contributed by atoms with van der Waals surface area (Å²) in [6, 6.07) is 1.74. The summed E-state index contributed by atoms with van der Waals surface area (Å²) in [6.07, 6.45) is 4.58. The van der Waals surface area contributed by atoms with Gasteiger partial charge in [0.05, 0.1) is 0 Å². The molecule has 1 fully saturated rings. The van der Waals surface area contributed by atoms with E-state index in [1.165, 1.54) is 19.3 Å². The minimum atomic E-state index is 0.0837. The van der Waals surface area contributed by atoms with Crippen LogP contribution in [0.15, 0.2) is 10.9 Å². The van der Waals surface area contributed by atoms with Crippen molar-refractivity contribution >= 4 is 0 Å². The Labute approximate surface area is 83.1 Å². The van der Waals surface area contributed by atoms with Gasteiger partial charge in [0.15, 0.2) is 0 Å². The molecule has 0 radical (unpaired) electrons. The van der Waals surface area contributed by atoms with Crippen LogP contribution in [0.5, 0.6) is 0 Å². The first-order valence-corrected chi connectivity index (χ1v) is 5.31. The molecule has 0 spiro atoms. The zero-order valence-electron chi connectivity index (χ0n) is 8.33. The number of hydrogen-bond donors (Lipinski definition) is 2. The molecule has 1 aliphatic carbocycles. The molecule has 1 aromatic rings. The second kappa shape index (κ2) is 4.00. The van der Waals surface area contributed by atoms with Crippen LogP contribution >= 0.6 is 0 Å². The Bertz CT molecular complexity index is 348. The van der Waals surface area contributed by atoms with Crippen molar-refractivity contribution in [3.8, 4) is 0 Å². The van der Waals surface area contributed by atoms with Gasteiger partial charge in [-0.2, -0.15) is 0 Å². The van der Waals surface area contributed by atoms with E-state index in [2.05, 4.69) is 5.10 Å². The lowest BCUT2D eigenvalue weighted by atomic mass is 9.83. The molecular weight excluding hydrogens is 178 g/mol. The molecule has 0 aromatic carbocycles.